The van der Waals surface area contributed by atoms with Crippen LogP contribution >= 0.6 is 0 Å². The van der Waals surface area contributed by atoms with Crippen molar-refractivity contribution in [3.05, 3.63) is 29.8 Å². The molecule has 98 valence electrons. The van der Waals surface area contributed by atoms with Crippen LogP contribution in [0, 0.1) is 11.3 Å². The van der Waals surface area contributed by atoms with Crippen LogP contribution in [-0.2, 0) is 10.0 Å². The fourth-order valence-electron chi connectivity index (χ4n) is 1.52. The molecular weight excluding hydrogens is 252 g/mol. The van der Waals surface area contributed by atoms with Crippen molar-refractivity contribution in [1.82, 2.24) is 4.72 Å². The molecule has 1 unspecified atom stereocenters. The Morgan fingerprint density at radius 1 is 1.50 bits per heavy atom. The largest absolute Gasteiger partial charge is 0.396 e. The molecule has 1 atom stereocenters. The number of aliphatic hydroxyl groups is 1. The lowest BCUT2D eigenvalue weighted by Crippen LogP contribution is -2.35. The first kappa shape index (κ1) is 14.6. The predicted octanol–water partition coefficient (Wildman–Crippen LogP) is 0.998. The number of rotatable bonds is 6. The van der Waals surface area contributed by atoms with E-state index in [2.05, 4.69) is 4.72 Å². The fraction of sp³-hybridized carbons (Fsp3) is 0.417. The summed E-state index contributed by atoms with van der Waals surface area (Å²) in [7, 11) is -3.64. The number of aliphatic hydroxyl groups excluding tert-OH is 1. The van der Waals surface area contributed by atoms with Gasteiger partial charge in [-0.3, -0.25) is 0 Å². The zero-order valence-electron chi connectivity index (χ0n) is 10.1. The SMILES string of the molecule is CCC(CCO)NS(=O)(=O)c1cccc(C#N)c1. The summed E-state index contributed by atoms with van der Waals surface area (Å²) in [6.45, 7) is 1.77. The molecule has 0 aromatic heterocycles. The molecule has 1 aromatic rings. The Balaban J connectivity index is 2.95. The van der Waals surface area contributed by atoms with E-state index in [-0.39, 0.29) is 17.5 Å². The van der Waals surface area contributed by atoms with E-state index in [0.717, 1.165) is 0 Å². The van der Waals surface area contributed by atoms with Crippen molar-refractivity contribution in [2.24, 2.45) is 0 Å². The molecule has 0 heterocycles. The highest BCUT2D eigenvalue weighted by molar-refractivity contribution is 7.89. The molecule has 0 aliphatic carbocycles. The number of nitrogens with zero attached hydrogens (tertiary/aromatic N) is 1. The molecule has 0 bridgehead atoms. The first-order chi connectivity index (χ1) is 8.53. The van der Waals surface area contributed by atoms with E-state index in [4.69, 9.17) is 10.4 Å². The van der Waals surface area contributed by atoms with Gasteiger partial charge in [-0.05, 0) is 31.0 Å². The normalized spacial score (nSPS) is 12.9. The minimum Gasteiger partial charge on any atom is -0.396 e. The summed E-state index contributed by atoms with van der Waals surface area (Å²) in [5.41, 5.74) is 0.299. The van der Waals surface area contributed by atoms with Gasteiger partial charge in [0.1, 0.15) is 0 Å². The third-order valence-electron chi connectivity index (χ3n) is 2.57. The highest BCUT2D eigenvalue weighted by atomic mass is 32.2. The fourth-order valence-corrected chi connectivity index (χ4v) is 2.92. The van der Waals surface area contributed by atoms with E-state index in [1.54, 1.807) is 6.07 Å². The third kappa shape index (κ3) is 3.81. The molecule has 1 rings (SSSR count). The second-order valence-electron chi connectivity index (χ2n) is 3.88. The monoisotopic (exact) mass is 268 g/mol. The van der Waals surface area contributed by atoms with Gasteiger partial charge in [-0.25, -0.2) is 13.1 Å². The van der Waals surface area contributed by atoms with Crippen molar-refractivity contribution in [2.75, 3.05) is 6.61 Å². The molecule has 2 N–H and O–H groups in total. The van der Waals surface area contributed by atoms with Gasteiger partial charge in [-0.1, -0.05) is 13.0 Å². The van der Waals surface area contributed by atoms with E-state index in [9.17, 15) is 8.42 Å². The first-order valence-corrected chi connectivity index (χ1v) is 7.15. The van der Waals surface area contributed by atoms with Crippen LogP contribution in [0.5, 0.6) is 0 Å². The summed E-state index contributed by atoms with van der Waals surface area (Å²) in [5, 5.41) is 17.6. The van der Waals surface area contributed by atoms with Crippen molar-refractivity contribution in [2.45, 2.75) is 30.7 Å². The van der Waals surface area contributed by atoms with Crippen LogP contribution in [0.1, 0.15) is 25.3 Å². The lowest BCUT2D eigenvalue weighted by molar-refractivity contribution is 0.270. The van der Waals surface area contributed by atoms with Crippen molar-refractivity contribution in [1.29, 1.82) is 5.26 Å². The predicted molar refractivity (Wildman–Crippen MR) is 67.3 cm³/mol. The number of nitriles is 1. The molecule has 0 saturated heterocycles. The first-order valence-electron chi connectivity index (χ1n) is 5.67. The summed E-state index contributed by atoms with van der Waals surface area (Å²) in [6, 6.07) is 7.44. The van der Waals surface area contributed by atoms with Crippen molar-refractivity contribution in [3.8, 4) is 6.07 Å². The van der Waals surface area contributed by atoms with Crippen LogP contribution in [0.4, 0.5) is 0 Å². The quantitative estimate of drug-likeness (QED) is 0.805. The molecule has 5 nitrogen and oxygen atoms in total. The lowest BCUT2D eigenvalue weighted by Gasteiger charge is -2.15. The zero-order valence-corrected chi connectivity index (χ0v) is 10.9. The molecule has 0 amide bonds. The van der Waals surface area contributed by atoms with E-state index in [0.29, 0.717) is 18.4 Å². The maximum Gasteiger partial charge on any atom is 0.240 e. The summed E-state index contributed by atoms with van der Waals surface area (Å²) >= 11 is 0. The van der Waals surface area contributed by atoms with E-state index in [1.165, 1.54) is 18.2 Å². The van der Waals surface area contributed by atoms with Gasteiger partial charge in [0.15, 0.2) is 0 Å². The zero-order chi connectivity index (χ0) is 13.6. The topological polar surface area (TPSA) is 90.2 Å². The Kier molecular flexibility index (Phi) is 5.28. The van der Waals surface area contributed by atoms with E-state index < -0.39 is 10.0 Å². The minimum absolute atomic E-state index is 0.0675. The summed E-state index contributed by atoms with van der Waals surface area (Å²) in [4.78, 5) is 0.0675. The molecule has 18 heavy (non-hydrogen) atoms. The molecule has 0 spiro atoms. The smallest absolute Gasteiger partial charge is 0.240 e. The minimum atomic E-state index is -3.64. The average molecular weight is 268 g/mol. The summed E-state index contributed by atoms with van der Waals surface area (Å²) < 4.78 is 26.6. The molecule has 6 heteroatoms. The van der Waals surface area contributed by atoms with Gasteiger partial charge < -0.3 is 5.11 Å². The third-order valence-corrected chi connectivity index (χ3v) is 4.08. The standard InChI is InChI=1S/C12H16N2O3S/c1-2-11(6-7-15)14-18(16,17)12-5-3-4-10(8-12)9-13/h3-5,8,11,14-15H,2,6-7H2,1H3. The van der Waals surface area contributed by atoms with Crippen LogP contribution in [0.2, 0.25) is 0 Å². The number of hydrogen-bond donors (Lipinski definition) is 2. The summed E-state index contributed by atoms with van der Waals surface area (Å²) in [5.74, 6) is 0. The van der Waals surface area contributed by atoms with E-state index in [1.807, 2.05) is 13.0 Å². The Morgan fingerprint density at radius 3 is 2.78 bits per heavy atom. The molecule has 0 saturated carbocycles. The number of benzene rings is 1. The Bertz CT molecular complexity index is 534. The molecule has 0 aliphatic heterocycles. The lowest BCUT2D eigenvalue weighted by atomic mass is 10.2. The van der Waals surface area contributed by atoms with Crippen LogP contribution in [-0.4, -0.2) is 26.2 Å². The van der Waals surface area contributed by atoms with Gasteiger partial charge in [0.25, 0.3) is 0 Å². The second-order valence-corrected chi connectivity index (χ2v) is 5.59. The van der Waals surface area contributed by atoms with Gasteiger partial charge in [-0.15, -0.1) is 0 Å². The molecule has 0 radical (unpaired) electrons. The average Bonchev–Trinajstić information content (AvgIpc) is 2.38. The van der Waals surface area contributed by atoms with Gasteiger partial charge in [-0.2, -0.15) is 5.26 Å². The maximum absolute atomic E-state index is 12.0. The number of hydrogen-bond acceptors (Lipinski definition) is 4. The molecule has 0 fully saturated rings. The van der Waals surface area contributed by atoms with Crippen molar-refractivity contribution in [3.63, 3.8) is 0 Å². The van der Waals surface area contributed by atoms with Gasteiger partial charge in [0, 0.05) is 12.6 Å². The highest BCUT2D eigenvalue weighted by Crippen LogP contribution is 2.12. The molecule has 1 aromatic carbocycles. The van der Waals surface area contributed by atoms with Gasteiger partial charge in [0.2, 0.25) is 10.0 Å². The van der Waals surface area contributed by atoms with Gasteiger partial charge in [0.05, 0.1) is 16.5 Å². The van der Waals surface area contributed by atoms with Crippen molar-refractivity contribution >= 4 is 10.0 Å². The van der Waals surface area contributed by atoms with Gasteiger partial charge >= 0.3 is 0 Å². The Morgan fingerprint density at radius 2 is 2.22 bits per heavy atom. The summed E-state index contributed by atoms with van der Waals surface area (Å²) in [6.07, 6.45) is 0.964. The second kappa shape index (κ2) is 6.50. The van der Waals surface area contributed by atoms with Crippen LogP contribution < -0.4 is 4.72 Å². The Labute approximate surface area is 107 Å². The molecular formula is C12H16N2O3S. The van der Waals surface area contributed by atoms with Crippen LogP contribution in [0.15, 0.2) is 29.2 Å². The Hall–Kier alpha value is -1.42. The van der Waals surface area contributed by atoms with Crippen LogP contribution in [0.3, 0.4) is 0 Å². The molecule has 0 aliphatic rings. The highest BCUT2D eigenvalue weighted by Gasteiger charge is 2.18. The van der Waals surface area contributed by atoms with Crippen molar-refractivity contribution < 1.29 is 13.5 Å². The maximum atomic E-state index is 12.0. The van der Waals surface area contributed by atoms with E-state index >= 15 is 0 Å². The number of nitrogens with one attached hydrogen (secondary N) is 1. The number of sulfonamides is 1. The van der Waals surface area contributed by atoms with Crippen LogP contribution in [0.25, 0.3) is 0 Å².